The summed E-state index contributed by atoms with van der Waals surface area (Å²) in [6, 6.07) is 13.8. The molecular formula is C14H16N2O. The average molecular weight is 228 g/mol. The number of hydrazine groups is 1. The lowest BCUT2D eigenvalue weighted by atomic mass is 10.0. The zero-order valence-corrected chi connectivity index (χ0v) is 10.1. The number of benzene rings is 2. The number of likely N-dealkylation sites (N-methyl/N-ethyl adjacent to an activating group) is 1. The van der Waals surface area contributed by atoms with E-state index >= 15 is 0 Å². The zero-order valence-electron chi connectivity index (χ0n) is 10.1. The van der Waals surface area contributed by atoms with Crippen molar-refractivity contribution in [1.82, 2.24) is 10.4 Å². The predicted molar refractivity (Wildman–Crippen MR) is 70.0 cm³/mol. The lowest BCUT2D eigenvalue weighted by Gasteiger charge is -2.14. The summed E-state index contributed by atoms with van der Waals surface area (Å²) in [5.41, 5.74) is 3.71. The molecule has 1 N–H and O–H groups in total. The summed E-state index contributed by atoms with van der Waals surface area (Å²) in [5.74, 6) is 0.124. The molecule has 0 saturated heterocycles. The van der Waals surface area contributed by atoms with Crippen LogP contribution in [0.4, 0.5) is 0 Å². The van der Waals surface area contributed by atoms with Crippen LogP contribution in [0.25, 0.3) is 10.8 Å². The van der Waals surface area contributed by atoms with Crippen molar-refractivity contribution in [3.05, 3.63) is 48.0 Å². The quantitative estimate of drug-likeness (QED) is 0.642. The zero-order chi connectivity index (χ0) is 12.3. The molecule has 3 heteroatoms. The number of rotatable bonds is 4. The van der Waals surface area contributed by atoms with Gasteiger partial charge in [0.1, 0.15) is 0 Å². The molecule has 0 saturated carbocycles. The first-order valence-corrected chi connectivity index (χ1v) is 5.62. The first-order chi connectivity index (χ1) is 8.22. The highest BCUT2D eigenvalue weighted by atomic mass is 16.1. The Balaban J connectivity index is 2.38. The molecule has 0 radical (unpaired) electrons. The fourth-order valence-corrected chi connectivity index (χ4v) is 1.85. The predicted octanol–water partition coefficient (Wildman–Crippen LogP) is 2.09. The van der Waals surface area contributed by atoms with E-state index in [4.69, 9.17) is 0 Å². The third-order valence-corrected chi connectivity index (χ3v) is 2.85. The number of hydrogen-bond donors (Lipinski definition) is 1. The van der Waals surface area contributed by atoms with Gasteiger partial charge in [0.25, 0.3) is 0 Å². The largest absolute Gasteiger partial charge is 0.293 e. The molecule has 3 nitrogen and oxygen atoms in total. The average Bonchev–Trinajstić information content (AvgIpc) is 2.37. The van der Waals surface area contributed by atoms with Crippen LogP contribution < -0.4 is 5.43 Å². The molecule has 0 aliphatic rings. The lowest BCUT2D eigenvalue weighted by Crippen LogP contribution is -2.35. The normalized spacial score (nSPS) is 11.0. The Morgan fingerprint density at radius 1 is 1.18 bits per heavy atom. The molecule has 0 fully saturated rings. The van der Waals surface area contributed by atoms with Crippen molar-refractivity contribution in [3.63, 3.8) is 0 Å². The van der Waals surface area contributed by atoms with E-state index in [0.717, 1.165) is 16.3 Å². The molecule has 0 amide bonds. The molecule has 0 bridgehead atoms. The van der Waals surface area contributed by atoms with Crippen LogP contribution >= 0.6 is 0 Å². The summed E-state index contributed by atoms with van der Waals surface area (Å²) in [4.78, 5) is 12.1. The van der Waals surface area contributed by atoms with Crippen LogP contribution in [0.2, 0.25) is 0 Å². The number of carbonyl (C=O) groups excluding carboxylic acids is 1. The Kier molecular flexibility index (Phi) is 3.52. The second kappa shape index (κ2) is 5.08. The standard InChI is InChI=1S/C14H16N2O/c1-15-16(2)10-14(17)13-9-5-7-11-6-3-4-8-12(11)13/h3-9,15H,10H2,1-2H3. The Morgan fingerprint density at radius 3 is 2.65 bits per heavy atom. The van der Waals surface area contributed by atoms with Crippen molar-refractivity contribution in [1.29, 1.82) is 0 Å². The van der Waals surface area contributed by atoms with E-state index in [1.54, 1.807) is 12.1 Å². The minimum Gasteiger partial charge on any atom is -0.293 e. The molecule has 0 aliphatic carbocycles. The van der Waals surface area contributed by atoms with Crippen molar-refractivity contribution in [3.8, 4) is 0 Å². The van der Waals surface area contributed by atoms with Gasteiger partial charge in [-0.3, -0.25) is 10.2 Å². The maximum Gasteiger partial charge on any atom is 0.178 e. The van der Waals surface area contributed by atoms with Crippen LogP contribution in [0.3, 0.4) is 0 Å². The highest BCUT2D eigenvalue weighted by Gasteiger charge is 2.11. The van der Waals surface area contributed by atoms with Gasteiger partial charge in [0, 0.05) is 12.6 Å². The molecule has 0 unspecified atom stereocenters. The van der Waals surface area contributed by atoms with Crippen molar-refractivity contribution >= 4 is 16.6 Å². The van der Waals surface area contributed by atoms with Crippen LogP contribution in [-0.2, 0) is 0 Å². The molecule has 88 valence electrons. The van der Waals surface area contributed by atoms with Crippen molar-refractivity contribution in [2.75, 3.05) is 20.6 Å². The molecule has 0 spiro atoms. The van der Waals surface area contributed by atoms with Gasteiger partial charge in [0.05, 0.1) is 6.54 Å². The molecule has 2 aromatic rings. The molecule has 0 heterocycles. The van der Waals surface area contributed by atoms with Gasteiger partial charge in [-0.05, 0) is 17.8 Å². The highest BCUT2D eigenvalue weighted by molar-refractivity contribution is 6.08. The molecule has 2 rings (SSSR count). The van der Waals surface area contributed by atoms with Crippen LogP contribution in [0.15, 0.2) is 42.5 Å². The monoisotopic (exact) mass is 228 g/mol. The summed E-state index contributed by atoms with van der Waals surface area (Å²) >= 11 is 0. The topological polar surface area (TPSA) is 32.3 Å². The number of nitrogens with zero attached hydrogens (tertiary/aromatic N) is 1. The van der Waals surface area contributed by atoms with E-state index < -0.39 is 0 Å². The van der Waals surface area contributed by atoms with Crippen molar-refractivity contribution < 1.29 is 4.79 Å². The van der Waals surface area contributed by atoms with Gasteiger partial charge in [-0.25, -0.2) is 5.01 Å². The fourth-order valence-electron chi connectivity index (χ4n) is 1.85. The van der Waals surface area contributed by atoms with Crippen LogP contribution in [0.5, 0.6) is 0 Å². The van der Waals surface area contributed by atoms with Gasteiger partial charge in [-0.1, -0.05) is 42.5 Å². The molecule has 0 aromatic heterocycles. The van der Waals surface area contributed by atoms with E-state index in [-0.39, 0.29) is 5.78 Å². The summed E-state index contributed by atoms with van der Waals surface area (Å²) in [6.07, 6.45) is 0. The summed E-state index contributed by atoms with van der Waals surface area (Å²) in [5, 5.41) is 3.89. The van der Waals surface area contributed by atoms with Crippen LogP contribution in [-0.4, -0.2) is 31.4 Å². The Hall–Kier alpha value is -1.71. The van der Waals surface area contributed by atoms with Gasteiger partial charge in [0.2, 0.25) is 0 Å². The first-order valence-electron chi connectivity index (χ1n) is 5.62. The third-order valence-electron chi connectivity index (χ3n) is 2.85. The summed E-state index contributed by atoms with van der Waals surface area (Å²) < 4.78 is 0. The van der Waals surface area contributed by atoms with Gasteiger partial charge >= 0.3 is 0 Å². The van der Waals surface area contributed by atoms with Crippen molar-refractivity contribution in [2.24, 2.45) is 0 Å². The van der Waals surface area contributed by atoms with E-state index in [1.807, 2.05) is 49.5 Å². The van der Waals surface area contributed by atoms with E-state index in [0.29, 0.717) is 6.54 Å². The lowest BCUT2D eigenvalue weighted by molar-refractivity contribution is 0.0924. The number of ketones is 1. The maximum atomic E-state index is 12.1. The van der Waals surface area contributed by atoms with Gasteiger partial charge in [0.15, 0.2) is 5.78 Å². The Labute approximate surface area is 101 Å². The van der Waals surface area contributed by atoms with E-state index in [9.17, 15) is 4.79 Å². The second-order valence-electron chi connectivity index (χ2n) is 4.03. The van der Waals surface area contributed by atoms with E-state index in [1.165, 1.54) is 0 Å². The summed E-state index contributed by atoms with van der Waals surface area (Å²) in [7, 11) is 3.65. The molecular weight excluding hydrogens is 212 g/mol. The highest BCUT2D eigenvalue weighted by Crippen LogP contribution is 2.18. The van der Waals surface area contributed by atoms with E-state index in [2.05, 4.69) is 5.43 Å². The van der Waals surface area contributed by atoms with Crippen LogP contribution in [0, 0.1) is 0 Å². The van der Waals surface area contributed by atoms with Crippen LogP contribution in [0.1, 0.15) is 10.4 Å². The molecule has 0 atom stereocenters. The SMILES string of the molecule is CNN(C)CC(=O)c1cccc2ccccc12. The van der Waals surface area contributed by atoms with Gasteiger partial charge in [-0.15, -0.1) is 0 Å². The minimum atomic E-state index is 0.124. The maximum absolute atomic E-state index is 12.1. The number of hydrogen-bond acceptors (Lipinski definition) is 3. The van der Waals surface area contributed by atoms with Gasteiger partial charge < -0.3 is 0 Å². The first kappa shape index (κ1) is 11.8. The number of fused-ring (bicyclic) bond motifs is 1. The molecule has 2 aromatic carbocycles. The smallest absolute Gasteiger partial charge is 0.178 e. The number of carbonyl (C=O) groups is 1. The minimum absolute atomic E-state index is 0.124. The Morgan fingerprint density at radius 2 is 1.88 bits per heavy atom. The number of nitrogens with one attached hydrogen (secondary N) is 1. The fraction of sp³-hybridized carbons (Fsp3) is 0.214. The summed E-state index contributed by atoms with van der Waals surface area (Å²) in [6.45, 7) is 0.366. The third kappa shape index (κ3) is 2.52. The number of Topliss-reactive ketones (excluding diaryl/α,β-unsaturated/α-hetero) is 1. The second-order valence-corrected chi connectivity index (χ2v) is 4.03. The van der Waals surface area contributed by atoms with Crippen molar-refractivity contribution in [2.45, 2.75) is 0 Å². The van der Waals surface area contributed by atoms with Gasteiger partial charge in [-0.2, -0.15) is 0 Å². The molecule has 17 heavy (non-hydrogen) atoms. The molecule has 0 aliphatic heterocycles. The Bertz CT molecular complexity index is 531.